The van der Waals surface area contributed by atoms with Crippen molar-refractivity contribution in [1.29, 1.82) is 0 Å². The summed E-state index contributed by atoms with van der Waals surface area (Å²) in [7, 11) is 0. The van der Waals surface area contributed by atoms with Crippen molar-refractivity contribution in [3.05, 3.63) is 105 Å². The lowest BCUT2D eigenvalue weighted by Crippen LogP contribution is -2.50. The molecule has 12 nitrogen and oxygen atoms in total. The second-order valence-electron chi connectivity index (χ2n) is 12.1. The molecule has 0 radical (unpaired) electrons. The molecule has 2 aromatic heterocycles. The van der Waals surface area contributed by atoms with Gasteiger partial charge in [0, 0.05) is 36.2 Å². The molecule has 0 spiro atoms. The van der Waals surface area contributed by atoms with Gasteiger partial charge in [-0.15, -0.1) is 0 Å². The summed E-state index contributed by atoms with van der Waals surface area (Å²) in [6, 6.07) is 14.4. The van der Waals surface area contributed by atoms with Gasteiger partial charge in [0.15, 0.2) is 12.4 Å². The van der Waals surface area contributed by atoms with Crippen LogP contribution in [0.3, 0.4) is 0 Å². The van der Waals surface area contributed by atoms with Crippen LogP contribution in [0.4, 0.5) is 13.2 Å². The number of aromatic nitrogens is 5. The topological polar surface area (TPSA) is 125 Å². The van der Waals surface area contributed by atoms with Crippen LogP contribution in [0.2, 0.25) is 0 Å². The molecule has 3 heterocycles. The fourth-order valence-electron chi connectivity index (χ4n) is 5.69. The summed E-state index contributed by atoms with van der Waals surface area (Å²) in [6.07, 6.45) is -1.74. The van der Waals surface area contributed by atoms with Gasteiger partial charge < -0.3 is 14.4 Å². The van der Waals surface area contributed by atoms with E-state index in [1.807, 2.05) is 13.8 Å². The Morgan fingerprint density at radius 1 is 0.961 bits per heavy atom. The van der Waals surface area contributed by atoms with Crippen LogP contribution in [0.5, 0.6) is 11.5 Å². The molecule has 1 amide bonds. The Kier molecular flexibility index (Phi) is 10.5. The Hall–Kier alpha value is -5.09. The first-order chi connectivity index (χ1) is 24.4. The number of carbonyl (C=O) groups excluding carboxylic acids is 2. The molecule has 0 unspecified atom stereocenters. The van der Waals surface area contributed by atoms with Crippen LogP contribution in [0.1, 0.15) is 35.6 Å². The van der Waals surface area contributed by atoms with E-state index in [9.17, 15) is 27.6 Å². The molecule has 6 rings (SSSR count). The number of alkyl halides is 3. The van der Waals surface area contributed by atoms with Crippen molar-refractivity contribution in [2.75, 3.05) is 32.8 Å². The third-order valence-electron chi connectivity index (χ3n) is 8.19. The average molecular weight is 769 g/mol. The minimum Gasteiger partial charge on any atom is -0.489 e. The van der Waals surface area contributed by atoms with E-state index in [0.29, 0.717) is 64.4 Å². The molecule has 1 fully saturated rings. The van der Waals surface area contributed by atoms with E-state index in [2.05, 4.69) is 31.0 Å². The van der Waals surface area contributed by atoms with Crippen molar-refractivity contribution in [2.24, 2.45) is 0 Å². The first-order valence-corrected chi connectivity index (χ1v) is 16.9. The maximum Gasteiger partial charge on any atom is 0.416 e. The highest BCUT2D eigenvalue weighted by Gasteiger charge is 2.30. The van der Waals surface area contributed by atoms with Crippen LogP contribution in [0.15, 0.2) is 82.3 Å². The molecular weight excluding hydrogens is 735 g/mol. The Morgan fingerprint density at radius 2 is 1.67 bits per heavy atom. The minimum atomic E-state index is -4.46. The van der Waals surface area contributed by atoms with Gasteiger partial charge in [0.25, 0.3) is 11.5 Å². The third kappa shape index (κ3) is 8.28. The number of nitrogens with zero attached hydrogens (tertiary/aromatic N) is 7. The first kappa shape index (κ1) is 35.7. The summed E-state index contributed by atoms with van der Waals surface area (Å²) < 4.78 is 52.3. The van der Waals surface area contributed by atoms with Crippen LogP contribution in [-0.2, 0) is 24.1 Å². The summed E-state index contributed by atoms with van der Waals surface area (Å²) in [5.74, 6) is 0.381. The summed E-state index contributed by atoms with van der Waals surface area (Å²) in [4.78, 5) is 50.5. The van der Waals surface area contributed by atoms with Gasteiger partial charge in [0.2, 0.25) is 0 Å². The zero-order valence-electron chi connectivity index (χ0n) is 27.6. The Labute approximate surface area is 298 Å². The molecule has 0 N–H and O–H groups in total. The van der Waals surface area contributed by atoms with Crippen molar-refractivity contribution in [2.45, 2.75) is 39.2 Å². The lowest BCUT2D eigenvalue weighted by Gasteiger charge is -2.34. The van der Waals surface area contributed by atoms with Gasteiger partial charge in [-0.2, -0.15) is 28.2 Å². The Bertz CT molecular complexity index is 2100. The number of ketones is 1. The lowest BCUT2D eigenvalue weighted by molar-refractivity contribution is -0.138. The summed E-state index contributed by atoms with van der Waals surface area (Å²) in [5.41, 5.74) is 0.00219. The molecule has 16 heteroatoms. The molecule has 1 aliphatic heterocycles. The monoisotopic (exact) mass is 767 g/mol. The fourth-order valence-corrected chi connectivity index (χ4v) is 6.21. The van der Waals surface area contributed by atoms with Gasteiger partial charge in [-0.1, -0.05) is 6.07 Å². The third-order valence-corrected chi connectivity index (χ3v) is 8.85. The van der Waals surface area contributed by atoms with E-state index in [1.165, 1.54) is 33.9 Å². The molecule has 5 aromatic rings. The van der Waals surface area contributed by atoms with Crippen molar-refractivity contribution >= 4 is 38.5 Å². The standard InChI is InChI=1S/C35H33BrF3N7O5/c1-22(2)51-30-11-6-23(29(47)19-45-40-12-13-41-45)18-28(30)46-31(42-27-5-3-4-26(36)33(27)34(46)49)20-43-14-16-44(17-15-43)32(48)21-50-25-9-7-24(8-10-25)35(37,38)39/h3-13,18,22H,14-17,19-21H2,1-2H3. The van der Waals surface area contributed by atoms with Crippen molar-refractivity contribution in [3.8, 4) is 17.2 Å². The molecule has 1 saturated heterocycles. The van der Waals surface area contributed by atoms with Gasteiger partial charge in [-0.25, -0.2) is 4.98 Å². The second-order valence-corrected chi connectivity index (χ2v) is 13.0. The van der Waals surface area contributed by atoms with E-state index >= 15 is 0 Å². The normalized spacial score (nSPS) is 13.9. The van der Waals surface area contributed by atoms with E-state index in [-0.39, 0.29) is 48.8 Å². The van der Waals surface area contributed by atoms with Gasteiger partial charge in [-0.05, 0) is 84.4 Å². The smallest absolute Gasteiger partial charge is 0.416 e. The molecule has 3 aromatic carbocycles. The Balaban J connectivity index is 1.25. The number of hydrogen-bond donors (Lipinski definition) is 0. The predicted octanol–water partition coefficient (Wildman–Crippen LogP) is 5.15. The molecule has 1 aliphatic rings. The highest BCUT2D eigenvalue weighted by atomic mass is 79.9. The van der Waals surface area contributed by atoms with Gasteiger partial charge in [-0.3, -0.25) is 23.9 Å². The van der Waals surface area contributed by atoms with Crippen LogP contribution in [0.25, 0.3) is 16.6 Å². The zero-order valence-corrected chi connectivity index (χ0v) is 29.2. The van der Waals surface area contributed by atoms with E-state index in [4.69, 9.17) is 14.5 Å². The molecule has 266 valence electrons. The summed E-state index contributed by atoms with van der Waals surface area (Å²) >= 11 is 3.51. The van der Waals surface area contributed by atoms with Crippen molar-refractivity contribution in [3.63, 3.8) is 0 Å². The molecule has 0 bridgehead atoms. The number of carbonyl (C=O) groups is 2. The number of benzene rings is 3. The number of ether oxygens (including phenoxy) is 2. The summed E-state index contributed by atoms with van der Waals surface area (Å²) in [5, 5.41) is 8.41. The minimum absolute atomic E-state index is 0.0987. The van der Waals surface area contributed by atoms with Crippen LogP contribution >= 0.6 is 15.9 Å². The number of rotatable bonds is 11. The van der Waals surface area contributed by atoms with Crippen molar-refractivity contribution < 1.29 is 32.2 Å². The number of Topliss-reactive ketones (excluding diaryl/α,β-unsaturated/α-hetero) is 1. The molecule has 0 aliphatic carbocycles. The molecule has 51 heavy (non-hydrogen) atoms. The van der Waals surface area contributed by atoms with E-state index < -0.39 is 11.7 Å². The Morgan fingerprint density at radius 3 is 2.33 bits per heavy atom. The van der Waals surface area contributed by atoms with Crippen molar-refractivity contribution in [1.82, 2.24) is 34.3 Å². The van der Waals surface area contributed by atoms with Gasteiger partial charge in [0.1, 0.15) is 23.9 Å². The number of fused-ring (bicyclic) bond motifs is 1. The number of halogens is 4. The maximum absolute atomic E-state index is 14.4. The van der Waals surface area contributed by atoms with Crippen LogP contribution < -0.4 is 15.0 Å². The number of amides is 1. The highest BCUT2D eigenvalue weighted by molar-refractivity contribution is 9.10. The largest absolute Gasteiger partial charge is 0.489 e. The van der Waals surface area contributed by atoms with Crippen LogP contribution in [-0.4, -0.2) is 84.9 Å². The predicted molar refractivity (Wildman–Crippen MR) is 184 cm³/mol. The number of piperazine rings is 1. The number of hydrogen-bond acceptors (Lipinski definition) is 9. The van der Waals surface area contributed by atoms with E-state index in [0.717, 1.165) is 12.1 Å². The van der Waals surface area contributed by atoms with Gasteiger partial charge in [0.05, 0.1) is 47.2 Å². The second kappa shape index (κ2) is 15.0. The average Bonchev–Trinajstić information content (AvgIpc) is 3.60. The maximum atomic E-state index is 14.4. The molecular formula is C35H33BrF3N7O5. The highest BCUT2D eigenvalue weighted by Crippen LogP contribution is 2.31. The fraction of sp³-hybridized carbons (Fsp3) is 0.314. The van der Waals surface area contributed by atoms with Crippen LogP contribution in [0, 0.1) is 0 Å². The molecule has 0 atom stereocenters. The SMILES string of the molecule is CC(C)Oc1ccc(C(=O)Cn2nccn2)cc1-n1c(CN2CCN(C(=O)COc3ccc(C(F)(F)F)cc3)CC2)nc2cccc(Br)c2c1=O. The molecule has 0 saturated carbocycles. The van der Waals surface area contributed by atoms with E-state index in [1.54, 1.807) is 41.3 Å². The first-order valence-electron chi connectivity index (χ1n) is 16.1. The summed E-state index contributed by atoms with van der Waals surface area (Å²) in [6.45, 7) is 5.14. The zero-order chi connectivity index (χ0) is 36.3. The lowest BCUT2D eigenvalue weighted by atomic mass is 10.1. The quantitative estimate of drug-likeness (QED) is 0.168. The van der Waals surface area contributed by atoms with Gasteiger partial charge >= 0.3 is 6.18 Å².